The Morgan fingerprint density at radius 3 is 1.32 bits per heavy atom. The SMILES string of the molecule is Fc1ccc(C2=CC(=Cc3cc(-c4ccccc4)[s+]c(-c4ccccc4)c3)C=C(c3ccc(F)cc3)S2)cc1.[O-][Cl+3]([O-])([O-])[O-]. The number of allylic oxidation sites excluding steroid dienone is 3. The molecule has 0 atom stereocenters. The summed E-state index contributed by atoms with van der Waals surface area (Å²) in [5, 5.41) is 0. The number of benzene rings is 4. The molecule has 220 valence electrons. The van der Waals surface area contributed by atoms with E-state index in [0.29, 0.717) is 0 Å². The van der Waals surface area contributed by atoms with Crippen molar-refractivity contribution in [3.05, 3.63) is 167 Å². The van der Waals surface area contributed by atoms with Gasteiger partial charge in [-0.25, -0.2) is 27.4 Å². The maximum absolute atomic E-state index is 13.7. The molecular formula is C35H23ClF2O4S2. The third-order valence-corrected chi connectivity index (χ3v) is 8.63. The lowest BCUT2D eigenvalue weighted by molar-refractivity contribution is -2.00. The summed E-state index contributed by atoms with van der Waals surface area (Å²) in [7, 11) is -4.94. The zero-order valence-electron chi connectivity index (χ0n) is 22.9. The summed E-state index contributed by atoms with van der Waals surface area (Å²) < 4.78 is 61.3. The molecule has 5 aromatic rings. The van der Waals surface area contributed by atoms with Crippen LogP contribution in [0.2, 0.25) is 0 Å². The molecule has 9 heteroatoms. The molecule has 0 N–H and O–H groups in total. The van der Waals surface area contributed by atoms with Gasteiger partial charge in [-0.15, -0.1) is 10.2 Å². The summed E-state index contributed by atoms with van der Waals surface area (Å²) in [5.74, 6) is -0.532. The predicted molar refractivity (Wildman–Crippen MR) is 164 cm³/mol. The number of hydrogen-bond acceptors (Lipinski definition) is 5. The number of halogens is 3. The second-order valence-corrected chi connectivity index (χ2v) is 12.4. The normalized spacial score (nSPS) is 12.9. The second-order valence-electron chi connectivity index (χ2n) is 9.51. The molecule has 0 amide bonds. The molecule has 44 heavy (non-hydrogen) atoms. The van der Waals surface area contributed by atoms with Crippen molar-refractivity contribution < 1.29 is 37.7 Å². The lowest BCUT2D eigenvalue weighted by Crippen LogP contribution is -2.68. The summed E-state index contributed by atoms with van der Waals surface area (Å²) >= 11 is 3.37. The van der Waals surface area contributed by atoms with Crippen LogP contribution in [0.5, 0.6) is 0 Å². The van der Waals surface area contributed by atoms with E-state index in [2.05, 4.69) is 78.9 Å². The Morgan fingerprint density at radius 2 is 0.932 bits per heavy atom. The van der Waals surface area contributed by atoms with Crippen molar-refractivity contribution in [1.82, 2.24) is 0 Å². The van der Waals surface area contributed by atoms with Crippen LogP contribution in [0, 0.1) is 21.9 Å². The van der Waals surface area contributed by atoms with E-state index in [1.165, 1.54) is 45.1 Å². The third kappa shape index (κ3) is 9.01. The molecule has 0 fully saturated rings. The van der Waals surface area contributed by atoms with E-state index >= 15 is 0 Å². The van der Waals surface area contributed by atoms with Gasteiger partial charge in [0, 0.05) is 33.1 Å². The van der Waals surface area contributed by atoms with E-state index in [4.69, 9.17) is 18.6 Å². The van der Waals surface area contributed by atoms with Gasteiger partial charge in [0.15, 0.2) is 0 Å². The Labute approximate surface area is 264 Å². The summed E-state index contributed by atoms with van der Waals surface area (Å²) in [5.41, 5.74) is 6.31. The molecule has 0 aliphatic carbocycles. The van der Waals surface area contributed by atoms with E-state index in [9.17, 15) is 8.78 Å². The second kappa shape index (κ2) is 14.2. The molecule has 0 saturated heterocycles. The molecule has 2 heterocycles. The largest absolute Gasteiger partial charge is 0.239 e. The van der Waals surface area contributed by atoms with Crippen LogP contribution in [0.3, 0.4) is 0 Å². The van der Waals surface area contributed by atoms with E-state index in [0.717, 1.165) is 32.1 Å². The topological polar surface area (TPSA) is 92.2 Å². The van der Waals surface area contributed by atoms with Crippen LogP contribution >= 0.6 is 23.1 Å². The van der Waals surface area contributed by atoms with Crippen LogP contribution in [-0.2, 0) is 0 Å². The fourth-order valence-electron chi connectivity index (χ4n) is 4.40. The van der Waals surface area contributed by atoms with Gasteiger partial charge in [-0.3, -0.25) is 0 Å². The minimum absolute atomic E-state index is 0.266. The molecule has 1 aromatic heterocycles. The third-order valence-electron chi connectivity index (χ3n) is 6.34. The van der Waals surface area contributed by atoms with Gasteiger partial charge in [-0.1, -0.05) is 72.4 Å². The Bertz CT molecular complexity index is 1690. The van der Waals surface area contributed by atoms with Gasteiger partial charge in [0.1, 0.15) is 11.6 Å². The monoisotopic (exact) mass is 644 g/mol. The van der Waals surface area contributed by atoms with Crippen molar-refractivity contribution in [2.24, 2.45) is 0 Å². The van der Waals surface area contributed by atoms with Gasteiger partial charge in [0.25, 0.3) is 0 Å². The Morgan fingerprint density at radius 1 is 0.545 bits per heavy atom. The van der Waals surface area contributed by atoms with Crippen molar-refractivity contribution >= 4 is 39.0 Å². The summed E-state index contributed by atoms with van der Waals surface area (Å²) in [4.78, 5) is 4.38. The standard InChI is InChI=1S/C35H23F2S2.ClHO4/c36-30-15-11-28(12-16-30)34-22-25(23-35(39-34)29-13-17-31(37)18-14-29)19-24-20-32(26-7-3-1-4-8-26)38-33(21-24)27-9-5-2-6-10-27;2-1(3,4)5/h1-23H;(H,2,3,4,5)/q+1;/p-1. The van der Waals surface area contributed by atoms with E-state index in [-0.39, 0.29) is 11.6 Å². The summed E-state index contributed by atoms with van der Waals surface area (Å²) in [6.45, 7) is 0. The average Bonchev–Trinajstić information content (AvgIpc) is 3.01. The molecule has 0 bridgehead atoms. The quantitative estimate of drug-likeness (QED) is 0.216. The van der Waals surface area contributed by atoms with Crippen LogP contribution in [-0.4, -0.2) is 0 Å². The maximum Gasteiger partial charge on any atom is 0.239 e. The van der Waals surface area contributed by atoms with Gasteiger partial charge < -0.3 is 0 Å². The van der Waals surface area contributed by atoms with Gasteiger partial charge in [-0.05, 0) is 89.0 Å². The van der Waals surface area contributed by atoms with Gasteiger partial charge in [0.05, 0.1) is 0 Å². The maximum atomic E-state index is 13.7. The average molecular weight is 645 g/mol. The lowest BCUT2D eigenvalue weighted by Gasteiger charge is -2.17. The van der Waals surface area contributed by atoms with E-state index < -0.39 is 10.2 Å². The molecule has 0 saturated carbocycles. The zero-order valence-corrected chi connectivity index (χ0v) is 25.3. The van der Waals surface area contributed by atoms with E-state index in [1.807, 2.05) is 12.1 Å². The lowest BCUT2D eigenvalue weighted by atomic mass is 10.0. The van der Waals surface area contributed by atoms with Crippen molar-refractivity contribution in [2.45, 2.75) is 0 Å². The predicted octanol–water partition coefficient (Wildman–Crippen LogP) is 6.10. The van der Waals surface area contributed by atoms with Crippen LogP contribution in [0.15, 0.2) is 139 Å². The molecule has 1 aliphatic heterocycles. The number of thioether (sulfide) groups is 1. The molecule has 0 spiro atoms. The first-order chi connectivity index (χ1) is 21.1. The smallest absolute Gasteiger partial charge is 0.222 e. The first-order valence-electron chi connectivity index (χ1n) is 13.2. The minimum atomic E-state index is -4.94. The van der Waals surface area contributed by atoms with Gasteiger partial charge in [0.2, 0.25) is 21.1 Å². The highest BCUT2D eigenvalue weighted by Gasteiger charge is 2.19. The molecule has 4 aromatic carbocycles. The molecule has 0 radical (unpaired) electrons. The Balaban J connectivity index is 0.000000712. The molecule has 4 nitrogen and oxygen atoms in total. The van der Waals surface area contributed by atoms with Crippen molar-refractivity contribution in [1.29, 1.82) is 0 Å². The van der Waals surface area contributed by atoms with Crippen LogP contribution in [0.4, 0.5) is 8.78 Å². The first kappa shape index (κ1) is 31.4. The number of rotatable bonds is 5. The fraction of sp³-hybridized carbons (Fsp3) is 0. The summed E-state index contributed by atoms with van der Waals surface area (Å²) in [6.07, 6.45) is 6.44. The Hall–Kier alpha value is -3.99. The zero-order chi connectivity index (χ0) is 31.1. The highest BCUT2D eigenvalue weighted by Crippen LogP contribution is 2.44. The molecule has 0 unspecified atom stereocenters. The summed E-state index contributed by atoms with van der Waals surface area (Å²) in [6, 6.07) is 38.4. The fourth-order valence-corrected chi connectivity index (χ4v) is 6.67. The molecule has 6 rings (SSSR count). The number of hydrogen-bond donors (Lipinski definition) is 0. The minimum Gasteiger partial charge on any atom is -0.222 e. The van der Waals surface area contributed by atoms with Gasteiger partial charge in [-0.2, -0.15) is 0 Å². The highest BCUT2D eigenvalue weighted by atomic mass is 35.7. The van der Waals surface area contributed by atoms with Crippen molar-refractivity contribution in [3.8, 4) is 20.9 Å². The van der Waals surface area contributed by atoms with Crippen LogP contribution < -0.4 is 18.6 Å². The molecular weight excluding hydrogens is 622 g/mol. The Kier molecular flexibility index (Phi) is 10.1. The van der Waals surface area contributed by atoms with Crippen LogP contribution in [0.1, 0.15) is 16.7 Å². The highest BCUT2D eigenvalue weighted by molar-refractivity contribution is 8.16. The van der Waals surface area contributed by atoms with Crippen molar-refractivity contribution in [3.63, 3.8) is 0 Å². The van der Waals surface area contributed by atoms with Gasteiger partial charge >= 0.3 is 0 Å². The first-order valence-corrected chi connectivity index (χ1v) is 16.0. The van der Waals surface area contributed by atoms with Crippen molar-refractivity contribution in [2.75, 3.05) is 0 Å². The van der Waals surface area contributed by atoms with E-state index in [1.54, 1.807) is 47.4 Å². The molecule has 1 aliphatic rings. The van der Waals surface area contributed by atoms with Crippen LogP contribution in [0.25, 0.3) is 36.8 Å².